The van der Waals surface area contributed by atoms with Gasteiger partial charge in [0.15, 0.2) is 0 Å². The zero-order valence-corrected chi connectivity index (χ0v) is 14.1. The average molecular weight is 346 g/mol. The summed E-state index contributed by atoms with van der Waals surface area (Å²) in [6.45, 7) is 0.544. The number of hydrogen-bond acceptors (Lipinski definition) is 4. The standard InChI is InChI=1S/C17H18N2O4S/c1-24(23)17(16(21)22)7-10-19(11-8-17)15(20)13-6-2-4-12-5-3-9-18-14(12)13/h2-6,9H,7-8,10-11H2,1H3,(H,21,22). The van der Waals surface area contributed by atoms with Gasteiger partial charge in [0, 0.05) is 41.7 Å². The van der Waals surface area contributed by atoms with Crippen LogP contribution < -0.4 is 0 Å². The lowest BCUT2D eigenvalue weighted by Crippen LogP contribution is -2.53. The number of para-hydroxylation sites is 1. The fourth-order valence-corrected chi connectivity index (χ4v) is 4.15. The molecule has 1 unspecified atom stereocenters. The molecule has 3 rings (SSSR count). The molecule has 7 heteroatoms. The second-order valence-electron chi connectivity index (χ2n) is 5.93. The number of aromatic nitrogens is 1. The second-order valence-corrected chi connectivity index (χ2v) is 7.62. The number of fused-ring (bicyclic) bond motifs is 1. The van der Waals surface area contributed by atoms with E-state index in [9.17, 15) is 18.9 Å². The minimum absolute atomic E-state index is 0.167. The van der Waals surface area contributed by atoms with E-state index in [2.05, 4.69) is 4.98 Å². The molecule has 2 aromatic rings. The highest BCUT2D eigenvalue weighted by atomic mass is 32.2. The van der Waals surface area contributed by atoms with Gasteiger partial charge in [-0.1, -0.05) is 18.2 Å². The van der Waals surface area contributed by atoms with Gasteiger partial charge >= 0.3 is 5.97 Å². The van der Waals surface area contributed by atoms with Crippen molar-refractivity contribution in [2.75, 3.05) is 19.3 Å². The van der Waals surface area contributed by atoms with Crippen LogP contribution in [0.3, 0.4) is 0 Å². The molecule has 0 aliphatic carbocycles. The summed E-state index contributed by atoms with van der Waals surface area (Å²) < 4.78 is 10.6. The lowest BCUT2D eigenvalue weighted by atomic mass is 9.95. The van der Waals surface area contributed by atoms with Crippen molar-refractivity contribution in [2.45, 2.75) is 17.6 Å². The Morgan fingerprint density at radius 3 is 2.50 bits per heavy atom. The Morgan fingerprint density at radius 2 is 1.88 bits per heavy atom. The van der Waals surface area contributed by atoms with Crippen molar-refractivity contribution in [3.05, 3.63) is 42.1 Å². The predicted octanol–water partition coefficient (Wildman–Crippen LogP) is 1.67. The van der Waals surface area contributed by atoms with Gasteiger partial charge in [0.05, 0.1) is 11.1 Å². The van der Waals surface area contributed by atoms with E-state index >= 15 is 0 Å². The van der Waals surface area contributed by atoms with Crippen LogP contribution >= 0.6 is 0 Å². The van der Waals surface area contributed by atoms with Crippen molar-refractivity contribution < 1.29 is 18.9 Å². The normalized spacial score (nSPS) is 18.3. The molecule has 1 N–H and O–H groups in total. The van der Waals surface area contributed by atoms with Crippen molar-refractivity contribution in [1.29, 1.82) is 0 Å². The van der Waals surface area contributed by atoms with Gasteiger partial charge in [-0.05, 0) is 25.0 Å². The summed E-state index contributed by atoms with van der Waals surface area (Å²) in [6.07, 6.45) is 3.44. The molecule has 6 nitrogen and oxygen atoms in total. The summed E-state index contributed by atoms with van der Waals surface area (Å²) in [5.41, 5.74) is 1.15. The quantitative estimate of drug-likeness (QED) is 0.913. The smallest absolute Gasteiger partial charge is 0.322 e. The van der Waals surface area contributed by atoms with Crippen molar-refractivity contribution in [2.24, 2.45) is 0 Å². The van der Waals surface area contributed by atoms with Crippen LogP contribution in [0.15, 0.2) is 36.5 Å². The minimum Gasteiger partial charge on any atom is -0.480 e. The largest absolute Gasteiger partial charge is 0.480 e. The second kappa shape index (κ2) is 6.32. The highest BCUT2D eigenvalue weighted by Gasteiger charge is 2.46. The van der Waals surface area contributed by atoms with Gasteiger partial charge in [0.2, 0.25) is 0 Å². The molecular formula is C17H18N2O4S. The molecule has 1 aromatic carbocycles. The molecule has 0 saturated carbocycles. The highest BCUT2D eigenvalue weighted by Crippen LogP contribution is 2.30. The van der Waals surface area contributed by atoms with Gasteiger partial charge in [0.25, 0.3) is 5.91 Å². The van der Waals surface area contributed by atoms with Gasteiger partial charge in [-0.15, -0.1) is 0 Å². The summed E-state index contributed by atoms with van der Waals surface area (Å²) in [4.78, 5) is 30.3. The molecule has 0 radical (unpaired) electrons. The molecule has 1 amide bonds. The first-order valence-electron chi connectivity index (χ1n) is 7.66. The number of likely N-dealkylation sites (tertiary alicyclic amines) is 1. The summed E-state index contributed by atoms with van der Waals surface area (Å²) in [5.74, 6) is -1.22. The molecule has 126 valence electrons. The summed E-state index contributed by atoms with van der Waals surface area (Å²) in [6, 6.07) is 9.14. The molecule has 1 aliphatic rings. The van der Waals surface area contributed by atoms with Crippen LogP contribution in [-0.4, -0.2) is 55.2 Å². The molecule has 1 aliphatic heterocycles. The zero-order chi connectivity index (χ0) is 17.3. The van der Waals surface area contributed by atoms with E-state index in [1.807, 2.05) is 24.3 Å². The summed E-state index contributed by atoms with van der Waals surface area (Å²) >= 11 is 0. The number of nitrogens with zero attached hydrogens (tertiary/aromatic N) is 2. The molecule has 0 spiro atoms. The number of piperidine rings is 1. The zero-order valence-electron chi connectivity index (χ0n) is 13.3. The number of carboxylic acid groups (broad SMARTS) is 1. The first-order valence-corrected chi connectivity index (χ1v) is 9.21. The number of benzene rings is 1. The molecule has 0 bridgehead atoms. The lowest BCUT2D eigenvalue weighted by Gasteiger charge is -2.37. The van der Waals surface area contributed by atoms with Gasteiger partial charge in [-0.3, -0.25) is 18.8 Å². The van der Waals surface area contributed by atoms with E-state index in [0.717, 1.165) is 5.39 Å². The van der Waals surface area contributed by atoms with Crippen LogP contribution in [0, 0.1) is 0 Å². The third-order valence-electron chi connectivity index (χ3n) is 4.66. The highest BCUT2D eigenvalue weighted by molar-refractivity contribution is 7.86. The number of hydrogen-bond donors (Lipinski definition) is 1. The van der Waals surface area contributed by atoms with E-state index < -0.39 is 21.5 Å². The average Bonchev–Trinajstić information content (AvgIpc) is 2.60. The van der Waals surface area contributed by atoms with Crippen LogP contribution in [0.4, 0.5) is 0 Å². The maximum absolute atomic E-state index is 12.8. The Kier molecular flexibility index (Phi) is 4.36. The topological polar surface area (TPSA) is 87.6 Å². The number of carbonyl (C=O) groups excluding carboxylic acids is 1. The third-order valence-corrected chi connectivity index (χ3v) is 6.34. The molecule has 1 saturated heterocycles. The Morgan fingerprint density at radius 1 is 1.21 bits per heavy atom. The number of pyridine rings is 1. The number of carbonyl (C=O) groups is 2. The van der Waals surface area contributed by atoms with Crippen LogP contribution in [0.2, 0.25) is 0 Å². The number of rotatable bonds is 3. The van der Waals surface area contributed by atoms with E-state index in [4.69, 9.17) is 0 Å². The monoisotopic (exact) mass is 346 g/mol. The third kappa shape index (κ3) is 2.69. The predicted molar refractivity (Wildman–Crippen MR) is 91.3 cm³/mol. The Labute approximate surface area is 141 Å². The lowest BCUT2D eigenvalue weighted by molar-refractivity contribution is -0.141. The number of aliphatic carboxylic acids is 1. The number of carboxylic acids is 1. The van der Waals surface area contributed by atoms with E-state index in [1.54, 1.807) is 17.2 Å². The molecular weight excluding hydrogens is 328 g/mol. The van der Waals surface area contributed by atoms with Crippen molar-refractivity contribution in [1.82, 2.24) is 9.88 Å². The van der Waals surface area contributed by atoms with E-state index in [0.29, 0.717) is 11.1 Å². The van der Waals surface area contributed by atoms with Crippen LogP contribution in [0.25, 0.3) is 10.9 Å². The molecule has 1 aromatic heterocycles. The summed E-state index contributed by atoms with van der Waals surface area (Å²) in [7, 11) is -1.49. The van der Waals surface area contributed by atoms with Gasteiger partial charge < -0.3 is 10.0 Å². The molecule has 24 heavy (non-hydrogen) atoms. The maximum Gasteiger partial charge on any atom is 0.322 e. The fraction of sp³-hybridized carbons (Fsp3) is 0.353. The maximum atomic E-state index is 12.8. The van der Waals surface area contributed by atoms with Crippen LogP contribution in [-0.2, 0) is 15.6 Å². The SMILES string of the molecule is CS(=O)C1(C(=O)O)CCN(C(=O)c2cccc3cccnc23)CC1. The van der Waals surface area contributed by atoms with E-state index in [-0.39, 0.29) is 31.8 Å². The summed E-state index contributed by atoms with van der Waals surface area (Å²) in [5, 5.41) is 10.3. The Bertz CT molecular complexity index is 807. The molecule has 2 heterocycles. The molecule has 1 fully saturated rings. The first-order chi connectivity index (χ1) is 11.5. The first kappa shape index (κ1) is 16.6. The number of amides is 1. The van der Waals surface area contributed by atoms with Crippen molar-refractivity contribution in [3.63, 3.8) is 0 Å². The van der Waals surface area contributed by atoms with Gasteiger partial charge in [-0.25, -0.2) is 0 Å². The van der Waals surface area contributed by atoms with Gasteiger partial charge in [0.1, 0.15) is 4.75 Å². The van der Waals surface area contributed by atoms with Crippen molar-refractivity contribution >= 4 is 33.6 Å². The fourth-order valence-electron chi connectivity index (χ4n) is 3.14. The van der Waals surface area contributed by atoms with Crippen LogP contribution in [0.1, 0.15) is 23.2 Å². The van der Waals surface area contributed by atoms with Crippen molar-refractivity contribution in [3.8, 4) is 0 Å². The minimum atomic E-state index is -1.49. The Hall–Kier alpha value is -2.28. The van der Waals surface area contributed by atoms with Gasteiger partial charge in [-0.2, -0.15) is 0 Å². The molecule has 1 atom stereocenters. The Balaban J connectivity index is 1.85. The van der Waals surface area contributed by atoms with Crippen LogP contribution in [0.5, 0.6) is 0 Å². The van der Waals surface area contributed by atoms with E-state index in [1.165, 1.54) is 6.26 Å².